The van der Waals surface area contributed by atoms with E-state index in [-0.39, 0.29) is 33.0 Å². The topological polar surface area (TPSA) is 137 Å². The van der Waals surface area contributed by atoms with Crippen LogP contribution in [0.1, 0.15) is 71.1 Å². The lowest BCUT2D eigenvalue weighted by molar-refractivity contribution is 0.0945. The molecule has 0 aliphatic carbocycles. The SMILES string of the molecule is CCCCCCCCCCCCOCCOS(=O)(=O)O.OCCN(CCO)CCO. The zero-order valence-corrected chi connectivity index (χ0v) is 19.5. The van der Waals surface area contributed by atoms with Gasteiger partial charge in [-0.1, -0.05) is 64.7 Å². The highest BCUT2D eigenvalue weighted by Gasteiger charge is 2.02. The minimum Gasteiger partial charge on any atom is -0.395 e. The summed E-state index contributed by atoms with van der Waals surface area (Å²) in [4.78, 5) is 1.79. The van der Waals surface area contributed by atoms with E-state index in [4.69, 9.17) is 24.6 Å². The summed E-state index contributed by atoms with van der Waals surface area (Å²) in [7, 11) is -4.32. The van der Waals surface area contributed by atoms with Gasteiger partial charge in [0.15, 0.2) is 0 Å². The number of aliphatic hydroxyl groups is 3. The fourth-order valence-electron chi connectivity index (χ4n) is 2.75. The first-order valence-electron chi connectivity index (χ1n) is 11.2. The Hall–Kier alpha value is -0.330. The first-order chi connectivity index (χ1) is 14.4. The van der Waals surface area contributed by atoms with Crippen LogP contribution in [-0.4, -0.2) is 92.5 Å². The molecule has 0 aliphatic heterocycles. The minimum atomic E-state index is -4.32. The molecule has 0 saturated carbocycles. The van der Waals surface area contributed by atoms with Gasteiger partial charge in [-0.25, -0.2) is 4.18 Å². The molecule has 0 aliphatic rings. The molecular weight excluding hydrogens is 414 g/mol. The molecule has 30 heavy (non-hydrogen) atoms. The lowest BCUT2D eigenvalue weighted by Gasteiger charge is -2.17. The Kier molecular flexibility index (Phi) is 26.5. The molecule has 0 saturated heterocycles. The molecule has 10 heteroatoms. The Labute approximate surface area is 183 Å². The van der Waals surface area contributed by atoms with Crippen LogP contribution in [-0.2, 0) is 19.3 Å². The number of hydrogen-bond acceptors (Lipinski definition) is 8. The van der Waals surface area contributed by atoms with Gasteiger partial charge in [-0.3, -0.25) is 9.45 Å². The van der Waals surface area contributed by atoms with Gasteiger partial charge in [-0.15, -0.1) is 0 Å². The second kappa shape index (κ2) is 24.9. The Bertz CT molecular complexity index is 409. The first kappa shape index (κ1) is 31.9. The normalized spacial score (nSPS) is 11.5. The molecule has 0 aromatic rings. The smallest absolute Gasteiger partial charge is 0.395 e. The molecule has 0 bridgehead atoms. The van der Waals surface area contributed by atoms with Crippen molar-refractivity contribution in [2.75, 3.05) is 59.3 Å². The Morgan fingerprint density at radius 3 is 1.50 bits per heavy atom. The number of nitrogens with zero attached hydrogens (tertiary/aromatic N) is 1. The van der Waals surface area contributed by atoms with E-state index in [0.717, 1.165) is 12.8 Å². The van der Waals surface area contributed by atoms with E-state index < -0.39 is 10.4 Å². The Morgan fingerprint density at radius 1 is 0.667 bits per heavy atom. The molecule has 4 N–H and O–H groups in total. The fraction of sp³-hybridized carbons (Fsp3) is 1.00. The monoisotopic (exact) mass is 459 g/mol. The Balaban J connectivity index is 0. The van der Waals surface area contributed by atoms with E-state index in [1.54, 1.807) is 4.90 Å². The maximum absolute atomic E-state index is 10.2. The quantitative estimate of drug-likeness (QED) is 0.150. The molecule has 0 unspecified atom stereocenters. The average molecular weight is 460 g/mol. The van der Waals surface area contributed by atoms with Crippen LogP contribution in [0.5, 0.6) is 0 Å². The summed E-state index contributed by atoms with van der Waals surface area (Å²) in [5.41, 5.74) is 0. The van der Waals surface area contributed by atoms with Gasteiger partial charge in [0.1, 0.15) is 0 Å². The molecule has 0 aromatic heterocycles. The third kappa shape index (κ3) is 29.9. The van der Waals surface area contributed by atoms with E-state index in [2.05, 4.69) is 11.1 Å². The zero-order chi connectivity index (χ0) is 22.9. The Morgan fingerprint density at radius 2 is 1.10 bits per heavy atom. The molecule has 9 nitrogen and oxygen atoms in total. The highest BCUT2D eigenvalue weighted by Crippen LogP contribution is 2.10. The van der Waals surface area contributed by atoms with Crippen LogP contribution < -0.4 is 0 Å². The van der Waals surface area contributed by atoms with Crippen LogP contribution in [0, 0.1) is 0 Å². The van der Waals surface area contributed by atoms with E-state index in [1.165, 1.54) is 51.4 Å². The largest absolute Gasteiger partial charge is 0.397 e. The van der Waals surface area contributed by atoms with Gasteiger partial charge in [0, 0.05) is 26.2 Å². The van der Waals surface area contributed by atoms with Crippen molar-refractivity contribution < 1.29 is 37.2 Å². The predicted molar refractivity (Wildman–Crippen MR) is 118 cm³/mol. The molecular formula is C20H45NO8S. The summed E-state index contributed by atoms with van der Waals surface area (Å²) in [6.45, 7) is 4.67. The summed E-state index contributed by atoms with van der Waals surface area (Å²) in [6.07, 6.45) is 12.7. The van der Waals surface area contributed by atoms with Crippen molar-refractivity contribution >= 4 is 10.4 Å². The number of hydrogen-bond donors (Lipinski definition) is 4. The molecule has 0 amide bonds. The minimum absolute atomic E-state index is 0.0694. The van der Waals surface area contributed by atoms with Gasteiger partial charge in [0.2, 0.25) is 0 Å². The third-order valence-corrected chi connectivity index (χ3v) is 4.82. The van der Waals surface area contributed by atoms with Crippen molar-refractivity contribution in [1.82, 2.24) is 4.90 Å². The molecule has 0 atom stereocenters. The van der Waals surface area contributed by atoms with Gasteiger partial charge in [-0.2, -0.15) is 8.42 Å². The van der Waals surface area contributed by atoms with Crippen molar-refractivity contribution in [3.63, 3.8) is 0 Å². The molecule has 0 spiro atoms. The van der Waals surface area contributed by atoms with E-state index in [1.807, 2.05) is 0 Å². The summed E-state index contributed by atoms with van der Waals surface area (Å²) in [5.74, 6) is 0. The maximum atomic E-state index is 10.2. The molecule has 0 fully saturated rings. The first-order valence-corrected chi connectivity index (χ1v) is 12.5. The van der Waals surface area contributed by atoms with Crippen LogP contribution in [0.4, 0.5) is 0 Å². The van der Waals surface area contributed by atoms with E-state index in [0.29, 0.717) is 26.2 Å². The van der Waals surface area contributed by atoms with Gasteiger partial charge in [-0.05, 0) is 6.42 Å². The van der Waals surface area contributed by atoms with Crippen LogP contribution >= 0.6 is 0 Å². The molecule has 0 radical (unpaired) electrons. The van der Waals surface area contributed by atoms with Crippen molar-refractivity contribution in [3.8, 4) is 0 Å². The third-order valence-electron chi connectivity index (χ3n) is 4.35. The summed E-state index contributed by atoms with van der Waals surface area (Å²) in [5, 5.41) is 25.5. The van der Waals surface area contributed by atoms with Gasteiger partial charge in [0.05, 0.1) is 33.0 Å². The second-order valence-corrected chi connectivity index (χ2v) is 8.15. The summed E-state index contributed by atoms with van der Waals surface area (Å²) < 4.78 is 38.1. The molecule has 184 valence electrons. The van der Waals surface area contributed by atoms with Crippen molar-refractivity contribution in [3.05, 3.63) is 0 Å². The molecule has 0 rings (SSSR count). The average Bonchev–Trinajstić information content (AvgIpc) is 2.68. The summed E-state index contributed by atoms with van der Waals surface area (Å²) in [6, 6.07) is 0. The van der Waals surface area contributed by atoms with Crippen LogP contribution in [0.25, 0.3) is 0 Å². The molecule has 0 heterocycles. The number of unbranched alkanes of at least 4 members (excludes halogenated alkanes) is 9. The van der Waals surface area contributed by atoms with E-state index >= 15 is 0 Å². The number of ether oxygens (including phenoxy) is 1. The number of aliphatic hydroxyl groups excluding tert-OH is 3. The lowest BCUT2D eigenvalue weighted by Crippen LogP contribution is -2.32. The molecule has 0 aromatic carbocycles. The number of rotatable bonds is 21. The van der Waals surface area contributed by atoms with Gasteiger partial charge < -0.3 is 20.1 Å². The standard InChI is InChI=1S/C14H30O5S.C6H15NO3/c1-2-3-4-5-6-7-8-9-10-11-12-18-13-14-19-20(15,16)17;8-4-1-7(2-5-9)3-6-10/h2-14H2,1H3,(H,15,16,17);8-10H,1-6H2. The zero-order valence-electron chi connectivity index (χ0n) is 18.7. The second-order valence-electron chi connectivity index (χ2n) is 7.06. The lowest BCUT2D eigenvalue weighted by atomic mass is 10.1. The van der Waals surface area contributed by atoms with Crippen LogP contribution in [0.2, 0.25) is 0 Å². The highest BCUT2D eigenvalue weighted by atomic mass is 32.3. The fourth-order valence-corrected chi connectivity index (χ4v) is 3.03. The van der Waals surface area contributed by atoms with Crippen LogP contribution in [0.15, 0.2) is 0 Å². The highest BCUT2D eigenvalue weighted by molar-refractivity contribution is 7.80. The van der Waals surface area contributed by atoms with Crippen molar-refractivity contribution in [2.24, 2.45) is 0 Å². The van der Waals surface area contributed by atoms with E-state index in [9.17, 15) is 8.42 Å². The summed E-state index contributed by atoms with van der Waals surface area (Å²) >= 11 is 0. The van der Waals surface area contributed by atoms with Gasteiger partial charge >= 0.3 is 10.4 Å². The van der Waals surface area contributed by atoms with Crippen molar-refractivity contribution in [1.29, 1.82) is 0 Å². The predicted octanol–water partition coefficient (Wildman–Crippen LogP) is 2.01. The van der Waals surface area contributed by atoms with Crippen LogP contribution in [0.3, 0.4) is 0 Å². The van der Waals surface area contributed by atoms with Crippen molar-refractivity contribution in [2.45, 2.75) is 71.1 Å². The maximum Gasteiger partial charge on any atom is 0.397 e. The van der Waals surface area contributed by atoms with Gasteiger partial charge in [0.25, 0.3) is 0 Å².